The van der Waals surface area contributed by atoms with Crippen molar-refractivity contribution in [3.05, 3.63) is 64.6 Å². The number of thiophene rings is 1. The Balaban J connectivity index is 1.40. The van der Waals surface area contributed by atoms with Crippen molar-refractivity contribution in [3.63, 3.8) is 0 Å². The fraction of sp³-hybridized carbons (Fsp3) is 0.222. The molecule has 0 N–H and O–H groups in total. The van der Waals surface area contributed by atoms with E-state index in [0.29, 0.717) is 31.9 Å². The lowest BCUT2D eigenvalue weighted by atomic mass is 10.2. The van der Waals surface area contributed by atoms with E-state index in [9.17, 15) is 9.59 Å². The standard InChI is InChI=1S/C18H17N5O2S/c24-17(15-13-23(20-19-15)14-5-2-1-3-6-14)21-8-10-22(11-9-21)18(25)16-7-4-12-26-16/h1-7,12-13H,8-11H2. The highest BCUT2D eigenvalue weighted by atomic mass is 32.1. The molecule has 0 bridgehead atoms. The molecule has 0 spiro atoms. The number of para-hydroxylation sites is 1. The quantitative estimate of drug-likeness (QED) is 0.709. The van der Waals surface area contributed by atoms with Crippen molar-refractivity contribution >= 4 is 23.2 Å². The van der Waals surface area contributed by atoms with Crippen LogP contribution in [-0.2, 0) is 0 Å². The second-order valence-electron chi connectivity index (χ2n) is 5.95. The Morgan fingerprint density at radius 1 is 0.885 bits per heavy atom. The summed E-state index contributed by atoms with van der Waals surface area (Å²) in [6, 6.07) is 13.2. The molecule has 1 aliphatic heterocycles. The molecule has 7 nitrogen and oxygen atoms in total. The van der Waals surface area contributed by atoms with Crippen LogP contribution in [0.3, 0.4) is 0 Å². The van der Waals surface area contributed by atoms with E-state index in [0.717, 1.165) is 10.6 Å². The summed E-state index contributed by atoms with van der Waals surface area (Å²) < 4.78 is 1.59. The van der Waals surface area contributed by atoms with Crippen molar-refractivity contribution in [2.75, 3.05) is 26.2 Å². The first-order chi connectivity index (χ1) is 12.7. The van der Waals surface area contributed by atoms with Crippen molar-refractivity contribution in [2.45, 2.75) is 0 Å². The van der Waals surface area contributed by atoms with Gasteiger partial charge in [0.2, 0.25) is 0 Å². The summed E-state index contributed by atoms with van der Waals surface area (Å²) >= 11 is 1.44. The summed E-state index contributed by atoms with van der Waals surface area (Å²) in [7, 11) is 0. The van der Waals surface area contributed by atoms with Crippen LogP contribution < -0.4 is 0 Å². The first kappa shape index (κ1) is 16.5. The molecule has 3 aromatic rings. The van der Waals surface area contributed by atoms with Crippen LogP contribution in [0.4, 0.5) is 0 Å². The third-order valence-electron chi connectivity index (χ3n) is 4.32. The number of carbonyl (C=O) groups excluding carboxylic acids is 2. The molecule has 1 aromatic carbocycles. The fourth-order valence-electron chi connectivity index (χ4n) is 2.90. The minimum atomic E-state index is -0.157. The summed E-state index contributed by atoms with van der Waals surface area (Å²) in [6.45, 7) is 2.03. The van der Waals surface area contributed by atoms with E-state index >= 15 is 0 Å². The molecule has 0 saturated carbocycles. The van der Waals surface area contributed by atoms with Crippen LogP contribution in [0.5, 0.6) is 0 Å². The van der Waals surface area contributed by atoms with E-state index in [2.05, 4.69) is 10.3 Å². The lowest BCUT2D eigenvalue weighted by Gasteiger charge is -2.34. The van der Waals surface area contributed by atoms with E-state index in [-0.39, 0.29) is 11.8 Å². The van der Waals surface area contributed by atoms with Gasteiger partial charge in [0.25, 0.3) is 11.8 Å². The SMILES string of the molecule is O=C(c1cn(-c2ccccc2)nn1)N1CCN(C(=O)c2cccs2)CC1. The Hall–Kier alpha value is -3.00. The first-order valence-corrected chi connectivity index (χ1v) is 9.20. The van der Waals surface area contributed by atoms with Gasteiger partial charge in [0.05, 0.1) is 16.8 Å². The van der Waals surface area contributed by atoms with Gasteiger partial charge in [0.15, 0.2) is 5.69 Å². The number of benzene rings is 1. The molecule has 0 atom stereocenters. The number of hydrogen-bond donors (Lipinski definition) is 0. The number of nitrogens with zero attached hydrogens (tertiary/aromatic N) is 5. The van der Waals surface area contributed by atoms with Gasteiger partial charge in [-0.25, -0.2) is 4.68 Å². The van der Waals surface area contributed by atoms with Crippen molar-refractivity contribution in [3.8, 4) is 5.69 Å². The van der Waals surface area contributed by atoms with Crippen LogP contribution in [0.2, 0.25) is 0 Å². The van der Waals surface area contributed by atoms with Crippen LogP contribution in [0, 0.1) is 0 Å². The Morgan fingerprint density at radius 3 is 2.23 bits per heavy atom. The average Bonchev–Trinajstić information content (AvgIpc) is 3.40. The largest absolute Gasteiger partial charge is 0.334 e. The van der Waals surface area contributed by atoms with Crippen LogP contribution in [0.25, 0.3) is 5.69 Å². The van der Waals surface area contributed by atoms with Gasteiger partial charge in [-0.2, -0.15) is 0 Å². The molecule has 8 heteroatoms. The summed E-state index contributed by atoms with van der Waals surface area (Å²) in [5.74, 6) is -0.127. The molecule has 2 aromatic heterocycles. The molecule has 1 fully saturated rings. The molecule has 0 radical (unpaired) electrons. The summed E-state index contributed by atoms with van der Waals surface area (Å²) in [5, 5.41) is 9.93. The second kappa shape index (κ2) is 7.09. The second-order valence-corrected chi connectivity index (χ2v) is 6.89. The minimum absolute atomic E-state index is 0.0297. The number of carbonyl (C=O) groups is 2. The predicted molar refractivity (Wildman–Crippen MR) is 97.5 cm³/mol. The Labute approximate surface area is 154 Å². The summed E-state index contributed by atoms with van der Waals surface area (Å²) in [5.41, 5.74) is 1.16. The number of hydrogen-bond acceptors (Lipinski definition) is 5. The molecular weight excluding hydrogens is 350 g/mol. The van der Waals surface area contributed by atoms with E-state index in [1.165, 1.54) is 11.3 Å². The summed E-state index contributed by atoms with van der Waals surface area (Å²) in [4.78, 5) is 29.3. The maximum Gasteiger partial charge on any atom is 0.276 e. The van der Waals surface area contributed by atoms with Gasteiger partial charge in [-0.15, -0.1) is 16.4 Å². The third kappa shape index (κ3) is 3.23. The monoisotopic (exact) mass is 367 g/mol. The molecule has 26 heavy (non-hydrogen) atoms. The van der Waals surface area contributed by atoms with E-state index in [1.54, 1.807) is 20.7 Å². The van der Waals surface area contributed by atoms with E-state index in [1.807, 2.05) is 47.8 Å². The fourth-order valence-corrected chi connectivity index (χ4v) is 3.59. The lowest BCUT2D eigenvalue weighted by Crippen LogP contribution is -2.50. The molecule has 4 rings (SSSR count). The number of piperazine rings is 1. The highest BCUT2D eigenvalue weighted by Gasteiger charge is 2.27. The molecule has 132 valence electrons. The van der Waals surface area contributed by atoms with E-state index < -0.39 is 0 Å². The van der Waals surface area contributed by atoms with Crippen LogP contribution in [0.15, 0.2) is 54.0 Å². The average molecular weight is 367 g/mol. The maximum atomic E-state index is 12.7. The minimum Gasteiger partial charge on any atom is -0.334 e. The van der Waals surface area contributed by atoms with Crippen LogP contribution in [0.1, 0.15) is 20.2 Å². The van der Waals surface area contributed by atoms with Gasteiger partial charge < -0.3 is 9.80 Å². The summed E-state index contributed by atoms with van der Waals surface area (Å²) in [6.07, 6.45) is 1.64. The number of amides is 2. The zero-order chi connectivity index (χ0) is 17.9. The predicted octanol–water partition coefficient (Wildman–Crippen LogP) is 1.93. The Kier molecular flexibility index (Phi) is 4.49. The number of rotatable bonds is 3. The van der Waals surface area contributed by atoms with Gasteiger partial charge in [0, 0.05) is 26.2 Å². The zero-order valence-corrected chi connectivity index (χ0v) is 14.8. The van der Waals surface area contributed by atoms with Crippen molar-refractivity contribution in [1.82, 2.24) is 24.8 Å². The van der Waals surface area contributed by atoms with Gasteiger partial charge in [0.1, 0.15) is 0 Å². The zero-order valence-electron chi connectivity index (χ0n) is 14.0. The molecule has 2 amide bonds. The van der Waals surface area contributed by atoms with Crippen molar-refractivity contribution in [1.29, 1.82) is 0 Å². The highest BCUT2D eigenvalue weighted by molar-refractivity contribution is 7.12. The van der Waals surface area contributed by atoms with Gasteiger partial charge >= 0.3 is 0 Å². The molecule has 1 saturated heterocycles. The third-order valence-corrected chi connectivity index (χ3v) is 5.18. The van der Waals surface area contributed by atoms with Crippen molar-refractivity contribution in [2.24, 2.45) is 0 Å². The Morgan fingerprint density at radius 2 is 1.58 bits per heavy atom. The number of aromatic nitrogens is 3. The normalized spacial score (nSPS) is 14.5. The molecule has 1 aliphatic rings. The Bertz CT molecular complexity index is 899. The van der Waals surface area contributed by atoms with Crippen LogP contribution >= 0.6 is 11.3 Å². The molecule has 0 unspecified atom stereocenters. The lowest BCUT2D eigenvalue weighted by molar-refractivity contribution is 0.0535. The van der Waals surface area contributed by atoms with Gasteiger partial charge in [-0.1, -0.05) is 29.5 Å². The first-order valence-electron chi connectivity index (χ1n) is 8.32. The van der Waals surface area contributed by atoms with Gasteiger partial charge in [-0.05, 0) is 23.6 Å². The van der Waals surface area contributed by atoms with Crippen molar-refractivity contribution < 1.29 is 9.59 Å². The topological polar surface area (TPSA) is 71.3 Å². The van der Waals surface area contributed by atoms with Crippen LogP contribution in [-0.4, -0.2) is 62.8 Å². The highest BCUT2D eigenvalue weighted by Crippen LogP contribution is 2.15. The molecule has 3 heterocycles. The maximum absolute atomic E-state index is 12.7. The molecule has 0 aliphatic carbocycles. The smallest absolute Gasteiger partial charge is 0.276 e. The molecular formula is C18H17N5O2S. The van der Waals surface area contributed by atoms with E-state index in [4.69, 9.17) is 0 Å². The van der Waals surface area contributed by atoms with Gasteiger partial charge in [-0.3, -0.25) is 9.59 Å².